The minimum atomic E-state index is 0.431. The average molecular weight is 303 g/mol. The van der Waals surface area contributed by atoms with Gasteiger partial charge in [-0.3, -0.25) is 4.98 Å². The zero-order valence-corrected chi connectivity index (χ0v) is 12.9. The van der Waals surface area contributed by atoms with E-state index in [1.807, 2.05) is 43.3 Å². The monoisotopic (exact) mass is 302 g/mol. The number of hydrogen-bond donors (Lipinski definition) is 1. The van der Waals surface area contributed by atoms with Crippen molar-refractivity contribution in [1.29, 1.82) is 0 Å². The fourth-order valence-electron chi connectivity index (χ4n) is 2.12. The molecule has 110 valence electrons. The first-order chi connectivity index (χ1) is 10.2. The molecule has 0 bridgehead atoms. The second-order valence-corrected chi connectivity index (χ2v) is 5.91. The van der Waals surface area contributed by atoms with E-state index in [-0.39, 0.29) is 0 Å². The molecule has 1 aliphatic rings. The number of halogens is 1. The summed E-state index contributed by atoms with van der Waals surface area (Å²) < 4.78 is 5.76. The van der Waals surface area contributed by atoms with Gasteiger partial charge in [0.2, 0.25) is 0 Å². The molecular formula is C17H19ClN2O. The maximum Gasteiger partial charge on any atom is 0.138 e. The van der Waals surface area contributed by atoms with Crippen molar-refractivity contribution in [1.82, 2.24) is 10.3 Å². The molecule has 21 heavy (non-hydrogen) atoms. The summed E-state index contributed by atoms with van der Waals surface area (Å²) in [6.45, 7) is 3.26. The third-order valence-electron chi connectivity index (χ3n) is 3.48. The standard InChI is InChI=1S/C17H19ClN2O/c1-12-5-8-17(16(18)9-12)21-11-15-4-2-3-14(20-15)10-19-13-6-7-13/h2-5,8-9,13,19H,6-7,10-11H2,1H3. The van der Waals surface area contributed by atoms with E-state index in [1.165, 1.54) is 12.8 Å². The van der Waals surface area contributed by atoms with Crippen LogP contribution in [0.2, 0.25) is 5.02 Å². The molecule has 3 rings (SSSR count). The molecule has 0 atom stereocenters. The molecule has 3 nitrogen and oxygen atoms in total. The quantitative estimate of drug-likeness (QED) is 0.879. The van der Waals surface area contributed by atoms with Gasteiger partial charge in [-0.05, 0) is 49.6 Å². The van der Waals surface area contributed by atoms with Crippen molar-refractivity contribution in [3.63, 3.8) is 0 Å². The van der Waals surface area contributed by atoms with Gasteiger partial charge in [-0.25, -0.2) is 0 Å². The van der Waals surface area contributed by atoms with Crippen LogP contribution in [0.1, 0.15) is 29.8 Å². The summed E-state index contributed by atoms with van der Waals surface area (Å²) in [5, 5.41) is 4.11. The van der Waals surface area contributed by atoms with E-state index in [4.69, 9.17) is 16.3 Å². The van der Waals surface area contributed by atoms with Crippen LogP contribution >= 0.6 is 11.6 Å². The van der Waals surface area contributed by atoms with Crippen molar-refractivity contribution in [3.8, 4) is 5.75 Å². The normalized spacial score (nSPS) is 14.2. The Balaban J connectivity index is 1.60. The molecule has 4 heteroatoms. The Morgan fingerprint density at radius 1 is 1.24 bits per heavy atom. The van der Waals surface area contributed by atoms with Gasteiger partial charge in [-0.1, -0.05) is 23.7 Å². The van der Waals surface area contributed by atoms with E-state index in [0.29, 0.717) is 23.4 Å². The highest BCUT2D eigenvalue weighted by Gasteiger charge is 2.20. The van der Waals surface area contributed by atoms with Crippen molar-refractivity contribution in [2.24, 2.45) is 0 Å². The maximum absolute atomic E-state index is 6.16. The molecule has 1 aromatic carbocycles. The largest absolute Gasteiger partial charge is 0.486 e. The number of hydrogen-bond acceptors (Lipinski definition) is 3. The number of aromatic nitrogens is 1. The molecule has 0 aliphatic heterocycles. The van der Waals surface area contributed by atoms with Crippen LogP contribution in [0.5, 0.6) is 5.75 Å². The molecule has 0 unspecified atom stereocenters. The van der Waals surface area contributed by atoms with E-state index >= 15 is 0 Å². The van der Waals surface area contributed by atoms with Crippen LogP contribution in [0.4, 0.5) is 0 Å². The number of nitrogens with one attached hydrogen (secondary N) is 1. The Labute approximate surface area is 130 Å². The second kappa shape index (κ2) is 6.46. The van der Waals surface area contributed by atoms with Crippen molar-refractivity contribution in [2.45, 2.75) is 39.0 Å². The van der Waals surface area contributed by atoms with E-state index in [2.05, 4.69) is 10.3 Å². The Morgan fingerprint density at radius 3 is 2.81 bits per heavy atom. The number of ether oxygens (including phenoxy) is 1. The summed E-state index contributed by atoms with van der Waals surface area (Å²) in [6.07, 6.45) is 2.57. The summed E-state index contributed by atoms with van der Waals surface area (Å²) in [5.74, 6) is 0.700. The molecule has 1 aromatic heterocycles. The van der Waals surface area contributed by atoms with Gasteiger partial charge in [0.1, 0.15) is 12.4 Å². The lowest BCUT2D eigenvalue weighted by Gasteiger charge is -2.09. The molecule has 1 fully saturated rings. The fraction of sp³-hybridized carbons (Fsp3) is 0.353. The topological polar surface area (TPSA) is 34.1 Å². The smallest absolute Gasteiger partial charge is 0.138 e. The van der Waals surface area contributed by atoms with Crippen LogP contribution in [-0.4, -0.2) is 11.0 Å². The highest BCUT2D eigenvalue weighted by Crippen LogP contribution is 2.25. The molecule has 1 aliphatic carbocycles. The SMILES string of the molecule is Cc1ccc(OCc2cccc(CNC3CC3)n2)c(Cl)c1. The zero-order chi connectivity index (χ0) is 14.7. The van der Waals surface area contributed by atoms with Gasteiger partial charge in [0.25, 0.3) is 0 Å². The third kappa shape index (κ3) is 4.19. The van der Waals surface area contributed by atoms with E-state index in [0.717, 1.165) is 23.5 Å². The Bertz CT molecular complexity index is 626. The van der Waals surface area contributed by atoms with Gasteiger partial charge in [-0.15, -0.1) is 0 Å². The molecular weight excluding hydrogens is 284 g/mol. The molecule has 1 N–H and O–H groups in total. The van der Waals surface area contributed by atoms with Gasteiger partial charge in [0, 0.05) is 12.6 Å². The van der Waals surface area contributed by atoms with Crippen LogP contribution in [0.3, 0.4) is 0 Å². The summed E-state index contributed by atoms with van der Waals surface area (Å²) >= 11 is 6.16. The fourth-order valence-corrected chi connectivity index (χ4v) is 2.41. The average Bonchev–Trinajstić information content (AvgIpc) is 3.29. The minimum Gasteiger partial charge on any atom is -0.486 e. The zero-order valence-electron chi connectivity index (χ0n) is 12.1. The molecule has 2 aromatic rings. The number of pyridine rings is 1. The lowest BCUT2D eigenvalue weighted by Crippen LogP contribution is -2.16. The van der Waals surface area contributed by atoms with Gasteiger partial charge in [0.05, 0.1) is 16.4 Å². The summed E-state index contributed by atoms with van der Waals surface area (Å²) in [7, 11) is 0. The number of rotatable bonds is 6. The van der Waals surface area contributed by atoms with Crippen LogP contribution in [0.15, 0.2) is 36.4 Å². The van der Waals surface area contributed by atoms with Crippen molar-refractivity contribution < 1.29 is 4.74 Å². The predicted molar refractivity (Wildman–Crippen MR) is 84.6 cm³/mol. The highest BCUT2D eigenvalue weighted by atomic mass is 35.5. The Kier molecular flexibility index (Phi) is 4.42. The molecule has 0 radical (unpaired) electrons. The molecule has 0 spiro atoms. The first-order valence-corrected chi connectivity index (χ1v) is 7.65. The Morgan fingerprint density at radius 2 is 2.05 bits per heavy atom. The minimum absolute atomic E-state index is 0.431. The van der Waals surface area contributed by atoms with E-state index in [9.17, 15) is 0 Å². The van der Waals surface area contributed by atoms with Crippen LogP contribution in [0, 0.1) is 6.92 Å². The van der Waals surface area contributed by atoms with Crippen LogP contribution < -0.4 is 10.1 Å². The lowest BCUT2D eigenvalue weighted by atomic mass is 10.2. The lowest BCUT2D eigenvalue weighted by molar-refractivity contribution is 0.301. The maximum atomic E-state index is 6.16. The van der Waals surface area contributed by atoms with Gasteiger partial charge < -0.3 is 10.1 Å². The number of benzene rings is 1. The first-order valence-electron chi connectivity index (χ1n) is 7.28. The molecule has 0 saturated heterocycles. The van der Waals surface area contributed by atoms with Crippen molar-refractivity contribution >= 4 is 11.6 Å². The number of nitrogens with zero attached hydrogens (tertiary/aromatic N) is 1. The summed E-state index contributed by atoms with van der Waals surface area (Å²) in [5.41, 5.74) is 3.10. The predicted octanol–water partition coefficient (Wildman–Crippen LogP) is 3.87. The van der Waals surface area contributed by atoms with Gasteiger partial charge >= 0.3 is 0 Å². The van der Waals surface area contributed by atoms with Crippen molar-refractivity contribution in [3.05, 3.63) is 58.4 Å². The van der Waals surface area contributed by atoms with E-state index in [1.54, 1.807) is 0 Å². The van der Waals surface area contributed by atoms with Crippen LogP contribution in [-0.2, 0) is 13.2 Å². The van der Waals surface area contributed by atoms with E-state index < -0.39 is 0 Å². The van der Waals surface area contributed by atoms with Gasteiger partial charge in [-0.2, -0.15) is 0 Å². The molecule has 1 heterocycles. The summed E-state index contributed by atoms with van der Waals surface area (Å²) in [6, 6.07) is 12.5. The van der Waals surface area contributed by atoms with Gasteiger partial charge in [0.15, 0.2) is 0 Å². The first kappa shape index (κ1) is 14.4. The second-order valence-electron chi connectivity index (χ2n) is 5.50. The Hall–Kier alpha value is -1.58. The molecule has 1 saturated carbocycles. The van der Waals surface area contributed by atoms with Crippen molar-refractivity contribution in [2.75, 3.05) is 0 Å². The molecule has 0 amide bonds. The third-order valence-corrected chi connectivity index (χ3v) is 3.77. The van der Waals surface area contributed by atoms with Crippen LogP contribution in [0.25, 0.3) is 0 Å². The highest BCUT2D eigenvalue weighted by molar-refractivity contribution is 6.32. The summed E-state index contributed by atoms with van der Waals surface area (Å²) in [4.78, 5) is 4.60. The number of aryl methyl sites for hydroxylation is 1.